The second-order valence-electron chi connectivity index (χ2n) is 9.84. The number of hydrogen-bond donors (Lipinski definition) is 1. The first-order chi connectivity index (χ1) is 16.3. The van der Waals surface area contributed by atoms with Crippen LogP contribution in [-0.4, -0.2) is 41.0 Å². The fourth-order valence-corrected chi connectivity index (χ4v) is 4.61. The summed E-state index contributed by atoms with van der Waals surface area (Å²) in [5.74, 6) is 1.72. The Morgan fingerprint density at radius 3 is 2.65 bits per heavy atom. The van der Waals surface area contributed by atoms with Crippen LogP contribution < -0.4 is 5.32 Å². The van der Waals surface area contributed by atoms with Crippen LogP contribution >= 0.6 is 0 Å². The van der Waals surface area contributed by atoms with E-state index in [-0.39, 0.29) is 11.4 Å². The molecule has 0 fully saturated rings. The SMILES string of the molecule is CCOC(=O)CCNCCc1c(C)cc(-c2noc(-c3noc4c3CCC(C)(C)C4)n2)cc1C. The quantitative estimate of drug-likeness (QED) is 0.360. The summed E-state index contributed by atoms with van der Waals surface area (Å²) in [4.78, 5) is 16.1. The van der Waals surface area contributed by atoms with Gasteiger partial charge in [0.2, 0.25) is 5.82 Å². The standard InChI is InChI=1S/C26H34N4O4/c1-6-32-22(31)9-12-27-11-8-19-16(2)13-18(14-17(19)3)24-28-25(34-30-24)23-20-7-10-26(4,5)15-21(20)33-29-23/h13-14,27H,6-12,15H2,1-5H3. The summed E-state index contributed by atoms with van der Waals surface area (Å²) in [7, 11) is 0. The number of carbonyl (C=O) groups is 1. The van der Waals surface area contributed by atoms with Gasteiger partial charge in [-0.2, -0.15) is 4.98 Å². The third-order valence-electron chi connectivity index (χ3n) is 6.51. The van der Waals surface area contributed by atoms with Gasteiger partial charge in [0.1, 0.15) is 5.76 Å². The molecule has 3 aromatic rings. The highest BCUT2D eigenvalue weighted by Crippen LogP contribution is 2.39. The van der Waals surface area contributed by atoms with Crippen molar-refractivity contribution < 1.29 is 18.6 Å². The highest BCUT2D eigenvalue weighted by atomic mass is 16.5. The molecule has 0 amide bonds. The maximum atomic E-state index is 11.4. The van der Waals surface area contributed by atoms with Gasteiger partial charge in [0, 0.05) is 24.1 Å². The van der Waals surface area contributed by atoms with Crippen LogP contribution in [0.15, 0.2) is 21.2 Å². The third kappa shape index (κ3) is 5.38. The third-order valence-corrected chi connectivity index (χ3v) is 6.51. The van der Waals surface area contributed by atoms with Crippen molar-refractivity contribution in [1.29, 1.82) is 0 Å². The monoisotopic (exact) mass is 466 g/mol. The average Bonchev–Trinajstić information content (AvgIpc) is 3.41. The van der Waals surface area contributed by atoms with E-state index in [1.54, 1.807) is 0 Å². The van der Waals surface area contributed by atoms with Crippen molar-refractivity contribution in [3.05, 3.63) is 40.1 Å². The molecule has 0 saturated heterocycles. The van der Waals surface area contributed by atoms with Crippen LogP contribution in [0.4, 0.5) is 0 Å². The molecule has 182 valence electrons. The fourth-order valence-electron chi connectivity index (χ4n) is 4.61. The van der Waals surface area contributed by atoms with E-state index in [2.05, 4.69) is 60.4 Å². The molecule has 0 saturated carbocycles. The summed E-state index contributed by atoms with van der Waals surface area (Å²) < 4.78 is 16.2. The molecular weight excluding hydrogens is 432 g/mol. The van der Waals surface area contributed by atoms with Crippen LogP contribution in [0.1, 0.15) is 61.6 Å². The van der Waals surface area contributed by atoms with Gasteiger partial charge in [0.15, 0.2) is 5.69 Å². The number of aryl methyl sites for hydroxylation is 2. The van der Waals surface area contributed by atoms with Gasteiger partial charge in [-0.1, -0.05) is 24.2 Å². The van der Waals surface area contributed by atoms with Crippen molar-refractivity contribution in [2.45, 2.75) is 66.7 Å². The zero-order chi connectivity index (χ0) is 24.3. The molecule has 8 nitrogen and oxygen atoms in total. The first-order valence-corrected chi connectivity index (χ1v) is 12.1. The number of aromatic nitrogens is 3. The second kappa shape index (κ2) is 10.1. The smallest absolute Gasteiger partial charge is 0.307 e. The number of hydrogen-bond acceptors (Lipinski definition) is 8. The van der Waals surface area contributed by atoms with Crippen molar-refractivity contribution in [3.8, 4) is 23.0 Å². The molecule has 1 N–H and O–H groups in total. The van der Waals surface area contributed by atoms with Crippen molar-refractivity contribution in [1.82, 2.24) is 20.6 Å². The highest BCUT2D eigenvalue weighted by Gasteiger charge is 2.32. The van der Waals surface area contributed by atoms with Crippen molar-refractivity contribution in [2.24, 2.45) is 5.41 Å². The molecule has 1 aliphatic carbocycles. The minimum Gasteiger partial charge on any atom is -0.466 e. The lowest BCUT2D eigenvalue weighted by Gasteiger charge is -2.27. The molecule has 2 aromatic heterocycles. The molecule has 34 heavy (non-hydrogen) atoms. The number of rotatable bonds is 9. The molecule has 0 unspecified atom stereocenters. The predicted molar refractivity (Wildman–Crippen MR) is 128 cm³/mol. The Hall–Kier alpha value is -3.00. The minimum atomic E-state index is -0.166. The first-order valence-electron chi connectivity index (χ1n) is 12.1. The van der Waals surface area contributed by atoms with Gasteiger partial charge in [-0.15, -0.1) is 0 Å². The molecule has 4 rings (SSSR count). The lowest BCUT2D eigenvalue weighted by Crippen LogP contribution is -2.22. The normalized spacial score (nSPS) is 14.7. The number of nitrogens with one attached hydrogen (secondary N) is 1. The lowest BCUT2D eigenvalue weighted by molar-refractivity contribution is -0.142. The van der Waals surface area contributed by atoms with Gasteiger partial charge in [-0.3, -0.25) is 4.79 Å². The highest BCUT2D eigenvalue weighted by molar-refractivity contribution is 5.69. The van der Waals surface area contributed by atoms with E-state index in [9.17, 15) is 4.79 Å². The van der Waals surface area contributed by atoms with E-state index in [4.69, 9.17) is 13.8 Å². The number of ether oxygens (including phenoxy) is 1. The van der Waals surface area contributed by atoms with Crippen LogP contribution in [0.5, 0.6) is 0 Å². The fraction of sp³-hybridized carbons (Fsp3) is 0.538. The van der Waals surface area contributed by atoms with Gasteiger partial charge in [0.25, 0.3) is 5.89 Å². The molecule has 0 spiro atoms. The van der Waals surface area contributed by atoms with E-state index in [0.717, 1.165) is 49.1 Å². The van der Waals surface area contributed by atoms with E-state index in [1.807, 2.05) is 6.92 Å². The summed E-state index contributed by atoms with van der Waals surface area (Å²) in [6.07, 6.45) is 4.11. The Morgan fingerprint density at radius 1 is 1.15 bits per heavy atom. The van der Waals surface area contributed by atoms with Gasteiger partial charge in [0.05, 0.1) is 13.0 Å². The summed E-state index contributed by atoms with van der Waals surface area (Å²) in [5, 5.41) is 11.8. The minimum absolute atomic E-state index is 0.166. The summed E-state index contributed by atoms with van der Waals surface area (Å²) in [6, 6.07) is 4.19. The molecule has 2 heterocycles. The average molecular weight is 467 g/mol. The number of carbonyl (C=O) groups excluding carboxylic acids is 1. The Balaban J connectivity index is 1.42. The lowest BCUT2D eigenvalue weighted by atomic mass is 9.77. The zero-order valence-electron chi connectivity index (χ0n) is 20.8. The van der Waals surface area contributed by atoms with E-state index in [1.165, 1.54) is 16.7 Å². The number of benzene rings is 1. The van der Waals surface area contributed by atoms with Crippen molar-refractivity contribution in [2.75, 3.05) is 19.7 Å². The Bertz CT molecular complexity index is 1140. The van der Waals surface area contributed by atoms with E-state index in [0.29, 0.717) is 37.0 Å². The van der Waals surface area contributed by atoms with Crippen LogP contribution in [0.3, 0.4) is 0 Å². The van der Waals surface area contributed by atoms with Crippen LogP contribution in [0, 0.1) is 19.3 Å². The van der Waals surface area contributed by atoms with Gasteiger partial charge in [-0.05, 0) is 80.8 Å². The zero-order valence-corrected chi connectivity index (χ0v) is 20.8. The van der Waals surface area contributed by atoms with Gasteiger partial charge >= 0.3 is 5.97 Å². The molecule has 1 aromatic carbocycles. The van der Waals surface area contributed by atoms with E-state index < -0.39 is 0 Å². The molecule has 1 aliphatic rings. The second-order valence-corrected chi connectivity index (χ2v) is 9.84. The molecule has 0 aliphatic heterocycles. The van der Waals surface area contributed by atoms with E-state index >= 15 is 0 Å². The molecule has 0 radical (unpaired) electrons. The van der Waals surface area contributed by atoms with Gasteiger partial charge < -0.3 is 19.1 Å². The number of nitrogens with zero attached hydrogens (tertiary/aromatic N) is 3. The molecule has 0 atom stereocenters. The van der Waals surface area contributed by atoms with Crippen LogP contribution in [0.2, 0.25) is 0 Å². The first kappa shape index (κ1) is 24.1. The Labute approximate surface area is 200 Å². The maximum Gasteiger partial charge on any atom is 0.307 e. The summed E-state index contributed by atoms with van der Waals surface area (Å²) >= 11 is 0. The molecule has 0 bridgehead atoms. The van der Waals surface area contributed by atoms with Crippen molar-refractivity contribution in [3.63, 3.8) is 0 Å². The Morgan fingerprint density at radius 2 is 1.91 bits per heavy atom. The Kier molecular flexibility index (Phi) is 7.16. The topological polar surface area (TPSA) is 103 Å². The molecule has 8 heteroatoms. The van der Waals surface area contributed by atoms with Gasteiger partial charge in [-0.25, -0.2) is 0 Å². The summed E-state index contributed by atoms with van der Waals surface area (Å²) in [5.41, 5.74) is 6.53. The predicted octanol–water partition coefficient (Wildman–Crippen LogP) is 4.61. The maximum absolute atomic E-state index is 11.4. The molecular formula is C26H34N4O4. The summed E-state index contributed by atoms with van der Waals surface area (Å²) in [6.45, 7) is 12.3. The van der Waals surface area contributed by atoms with Crippen LogP contribution in [0.25, 0.3) is 23.0 Å². The van der Waals surface area contributed by atoms with Crippen molar-refractivity contribution >= 4 is 5.97 Å². The number of fused-ring (bicyclic) bond motifs is 1. The largest absolute Gasteiger partial charge is 0.466 e. The number of esters is 1. The van der Waals surface area contributed by atoms with Crippen LogP contribution in [-0.2, 0) is 28.8 Å².